The molecule has 0 bridgehead atoms. The van der Waals surface area contributed by atoms with Crippen LogP contribution in [0.15, 0.2) is 24.3 Å². The Hall–Kier alpha value is -1.26. The summed E-state index contributed by atoms with van der Waals surface area (Å²) < 4.78 is 5.30. The zero-order valence-electron chi connectivity index (χ0n) is 12.0. The molecule has 2 N–H and O–H groups in total. The van der Waals surface area contributed by atoms with E-state index in [1.807, 2.05) is 6.07 Å². The minimum atomic E-state index is 0.600. The number of anilines is 1. The number of likely N-dealkylation sites (N-methyl/N-ethyl adjacent to an activating group) is 1. The van der Waals surface area contributed by atoms with E-state index in [1.54, 1.807) is 7.11 Å². The minimum absolute atomic E-state index is 0.600. The highest BCUT2D eigenvalue weighted by Gasteiger charge is 2.23. The van der Waals surface area contributed by atoms with Crippen LogP contribution >= 0.6 is 0 Å². The van der Waals surface area contributed by atoms with Crippen LogP contribution in [0.1, 0.15) is 12.8 Å². The van der Waals surface area contributed by atoms with Gasteiger partial charge in [0.05, 0.1) is 7.11 Å². The first-order chi connectivity index (χ1) is 9.24. The summed E-state index contributed by atoms with van der Waals surface area (Å²) in [5.41, 5.74) is 6.90. The van der Waals surface area contributed by atoms with E-state index in [2.05, 4.69) is 35.0 Å². The van der Waals surface area contributed by atoms with Crippen molar-refractivity contribution in [3.05, 3.63) is 24.3 Å². The van der Waals surface area contributed by atoms with Crippen molar-refractivity contribution in [2.45, 2.75) is 18.9 Å². The van der Waals surface area contributed by atoms with Gasteiger partial charge in [0.1, 0.15) is 5.75 Å². The molecule has 1 atom stereocenters. The molecular weight excluding hydrogens is 238 g/mol. The van der Waals surface area contributed by atoms with E-state index < -0.39 is 0 Å². The number of ether oxygens (including phenoxy) is 1. The van der Waals surface area contributed by atoms with Gasteiger partial charge in [-0.1, -0.05) is 6.07 Å². The summed E-state index contributed by atoms with van der Waals surface area (Å²) in [6, 6.07) is 8.93. The lowest BCUT2D eigenvalue weighted by Gasteiger charge is -2.38. The number of hydrogen-bond acceptors (Lipinski definition) is 4. The van der Waals surface area contributed by atoms with Crippen LogP contribution in [0.2, 0.25) is 0 Å². The van der Waals surface area contributed by atoms with Crippen LogP contribution in [0, 0.1) is 0 Å². The Kier molecular flexibility index (Phi) is 5.05. The van der Waals surface area contributed by atoms with E-state index in [4.69, 9.17) is 10.5 Å². The quantitative estimate of drug-likeness (QED) is 0.875. The molecule has 4 heteroatoms. The van der Waals surface area contributed by atoms with Gasteiger partial charge in [-0.05, 0) is 32.0 Å². The molecule has 0 amide bonds. The number of nitrogens with two attached hydrogens (primary N) is 1. The van der Waals surface area contributed by atoms with Gasteiger partial charge in [0, 0.05) is 44.0 Å². The summed E-state index contributed by atoms with van der Waals surface area (Å²) in [5, 5.41) is 0. The van der Waals surface area contributed by atoms with Gasteiger partial charge in [-0.15, -0.1) is 0 Å². The maximum absolute atomic E-state index is 5.65. The average Bonchev–Trinajstić information content (AvgIpc) is 2.48. The summed E-state index contributed by atoms with van der Waals surface area (Å²) in [7, 11) is 3.89. The van der Waals surface area contributed by atoms with Gasteiger partial charge in [0.2, 0.25) is 0 Å². The monoisotopic (exact) mass is 263 g/mol. The highest BCUT2D eigenvalue weighted by Crippen LogP contribution is 2.25. The first kappa shape index (κ1) is 14.2. The Balaban J connectivity index is 2.03. The number of methoxy groups -OCH3 is 1. The van der Waals surface area contributed by atoms with Crippen molar-refractivity contribution in [3.8, 4) is 5.75 Å². The molecule has 1 saturated heterocycles. The molecule has 1 heterocycles. The summed E-state index contributed by atoms with van der Waals surface area (Å²) in [5.74, 6) is 0.926. The van der Waals surface area contributed by atoms with Gasteiger partial charge in [-0.25, -0.2) is 0 Å². The van der Waals surface area contributed by atoms with Crippen molar-refractivity contribution >= 4 is 5.69 Å². The molecule has 1 aliphatic heterocycles. The summed E-state index contributed by atoms with van der Waals surface area (Å²) in [4.78, 5) is 4.83. The number of nitrogens with zero attached hydrogens (tertiary/aromatic N) is 2. The maximum atomic E-state index is 5.65. The Labute approximate surface area is 116 Å². The number of hydrogen-bond donors (Lipinski definition) is 1. The molecule has 4 nitrogen and oxygen atoms in total. The van der Waals surface area contributed by atoms with Gasteiger partial charge in [0.25, 0.3) is 0 Å². The van der Waals surface area contributed by atoms with Gasteiger partial charge in [0.15, 0.2) is 0 Å². The molecule has 1 unspecified atom stereocenters. The van der Waals surface area contributed by atoms with Crippen LogP contribution in [0.4, 0.5) is 5.69 Å². The van der Waals surface area contributed by atoms with Crippen molar-refractivity contribution in [2.75, 3.05) is 45.2 Å². The van der Waals surface area contributed by atoms with Gasteiger partial charge in [-0.3, -0.25) is 0 Å². The fraction of sp³-hybridized carbons (Fsp3) is 0.600. The molecule has 0 spiro atoms. The molecule has 2 rings (SSSR count). The Morgan fingerprint density at radius 1 is 1.47 bits per heavy atom. The molecule has 1 aliphatic rings. The van der Waals surface area contributed by atoms with Crippen LogP contribution < -0.4 is 15.4 Å². The first-order valence-electron chi connectivity index (χ1n) is 7.04. The van der Waals surface area contributed by atoms with Crippen molar-refractivity contribution in [2.24, 2.45) is 5.73 Å². The van der Waals surface area contributed by atoms with E-state index in [1.165, 1.54) is 18.5 Å². The highest BCUT2D eigenvalue weighted by atomic mass is 16.5. The predicted octanol–water partition coefficient (Wildman–Crippen LogP) is 1.55. The molecular formula is C15H25N3O. The Morgan fingerprint density at radius 2 is 2.32 bits per heavy atom. The molecule has 0 aromatic heterocycles. The van der Waals surface area contributed by atoms with Gasteiger partial charge in [-0.2, -0.15) is 0 Å². The fourth-order valence-corrected chi connectivity index (χ4v) is 2.74. The summed E-state index contributed by atoms with van der Waals surface area (Å²) in [6.07, 6.45) is 2.49. The van der Waals surface area contributed by atoms with Crippen molar-refractivity contribution in [3.63, 3.8) is 0 Å². The molecule has 1 fully saturated rings. The largest absolute Gasteiger partial charge is 0.497 e. The minimum Gasteiger partial charge on any atom is -0.497 e. The standard InChI is InChI=1S/C15H25N3O/c1-17(10-8-16)14-6-4-9-18(12-14)13-5-3-7-15(11-13)19-2/h3,5,7,11,14H,4,6,8-10,12,16H2,1-2H3. The number of rotatable bonds is 5. The Morgan fingerprint density at radius 3 is 3.05 bits per heavy atom. The van der Waals surface area contributed by atoms with Crippen LogP contribution in [0.5, 0.6) is 5.75 Å². The molecule has 0 aliphatic carbocycles. The van der Waals surface area contributed by atoms with Crippen molar-refractivity contribution in [1.29, 1.82) is 0 Å². The zero-order valence-corrected chi connectivity index (χ0v) is 12.0. The van der Waals surface area contributed by atoms with E-state index in [0.717, 1.165) is 31.9 Å². The molecule has 106 valence electrons. The third kappa shape index (κ3) is 3.61. The van der Waals surface area contributed by atoms with Crippen molar-refractivity contribution in [1.82, 2.24) is 4.90 Å². The van der Waals surface area contributed by atoms with Crippen molar-refractivity contribution < 1.29 is 4.74 Å². The summed E-state index contributed by atoms with van der Waals surface area (Å²) >= 11 is 0. The second-order valence-corrected chi connectivity index (χ2v) is 5.21. The topological polar surface area (TPSA) is 41.7 Å². The lowest BCUT2D eigenvalue weighted by molar-refractivity contribution is 0.221. The molecule has 0 saturated carbocycles. The SMILES string of the molecule is COc1cccc(N2CCCC(N(C)CCN)C2)c1. The van der Waals surface area contributed by atoms with Gasteiger partial charge >= 0.3 is 0 Å². The smallest absolute Gasteiger partial charge is 0.120 e. The molecule has 19 heavy (non-hydrogen) atoms. The second kappa shape index (κ2) is 6.78. The fourth-order valence-electron chi connectivity index (χ4n) is 2.74. The maximum Gasteiger partial charge on any atom is 0.120 e. The van der Waals surface area contributed by atoms with E-state index >= 15 is 0 Å². The van der Waals surface area contributed by atoms with Gasteiger partial charge < -0.3 is 20.3 Å². The second-order valence-electron chi connectivity index (χ2n) is 5.21. The number of piperidine rings is 1. The third-order valence-corrected chi connectivity index (χ3v) is 3.92. The molecule has 1 aromatic rings. The lowest BCUT2D eigenvalue weighted by Crippen LogP contribution is -2.47. The predicted molar refractivity (Wildman–Crippen MR) is 79.9 cm³/mol. The van der Waals surface area contributed by atoms with Crippen LogP contribution in [-0.4, -0.2) is 51.3 Å². The van der Waals surface area contributed by atoms with E-state index in [0.29, 0.717) is 6.04 Å². The van der Waals surface area contributed by atoms with Crippen LogP contribution in [0.3, 0.4) is 0 Å². The number of benzene rings is 1. The van der Waals surface area contributed by atoms with E-state index in [9.17, 15) is 0 Å². The van der Waals surface area contributed by atoms with E-state index in [-0.39, 0.29) is 0 Å². The Bertz CT molecular complexity index is 397. The third-order valence-electron chi connectivity index (χ3n) is 3.92. The zero-order chi connectivity index (χ0) is 13.7. The molecule has 0 radical (unpaired) electrons. The normalized spacial score (nSPS) is 19.8. The van der Waals surface area contributed by atoms with Crippen LogP contribution in [-0.2, 0) is 0 Å². The average molecular weight is 263 g/mol. The highest BCUT2D eigenvalue weighted by molar-refractivity contribution is 5.51. The first-order valence-corrected chi connectivity index (χ1v) is 7.04. The lowest BCUT2D eigenvalue weighted by atomic mass is 10.0. The summed E-state index contributed by atoms with van der Waals surface area (Å²) in [6.45, 7) is 3.90. The van der Waals surface area contributed by atoms with Crippen LogP contribution in [0.25, 0.3) is 0 Å². The molecule has 1 aromatic carbocycles.